The van der Waals surface area contributed by atoms with Gasteiger partial charge in [-0.2, -0.15) is 5.10 Å². The van der Waals surface area contributed by atoms with Gasteiger partial charge in [-0.3, -0.25) is 0 Å². The summed E-state index contributed by atoms with van der Waals surface area (Å²) >= 11 is 0. The van der Waals surface area contributed by atoms with Crippen LogP contribution in [0, 0.1) is 5.92 Å². The number of hydrazine groups is 1. The van der Waals surface area contributed by atoms with Gasteiger partial charge in [-0.1, -0.05) is 13.8 Å². The molecule has 1 aromatic rings. The highest BCUT2D eigenvalue weighted by atomic mass is 15.5. The predicted octanol–water partition coefficient (Wildman–Crippen LogP) is 0.186. The zero-order chi connectivity index (χ0) is 13.0. The van der Waals surface area contributed by atoms with Crippen LogP contribution < -0.4 is 5.43 Å². The molecule has 0 spiro atoms. The second-order valence-electron chi connectivity index (χ2n) is 5.38. The van der Waals surface area contributed by atoms with Crippen LogP contribution in [0.1, 0.15) is 19.7 Å². The Morgan fingerprint density at radius 1 is 1.28 bits per heavy atom. The molecule has 0 unspecified atom stereocenters. The van der Waals surface area contributed by atoms with E-state index in [1.54, 1.807) is 6.33 Å². The number of hydrogen-bond acceptors (Lipinski definition) is 5. The van der Waals surface area contributed by atoms with Crippen molar-refractivity contribution in [1.82, 2.24) is 30.1 Å². The molecule has 102 valence electrons. The van der Waals surface area contributed by atoms with Crippen LogP contribution in [0.25, 0.3) is 0 Å². The molecule has 1 N–H and O–H groups in total. The standard InChI is InChI=1S/C12H24N6/c1-11(2)9-18-12(13-10-15-18)8-14-17-6-4-16(3)5-7-17/h10-11,14H,4-9H2,1-3H3. The largest absolute Gasteiger partial charge is 0.304 e. The van der Waals surface area contributed by atoms with Gasteiger partial charge < -0.3 is 4.90 Å². The van der Waals surface area contributed by atoms with Gasteiger partial charge in [-0.15, -0.1) is 0 Å². The number of nitrogens with one attached hydrogen (secondary N) is 1. The van der Waals surface area contributed by atoms with Crippen LogP contribution in [0.3, 0.4) is 0 Å². The van der Waals surface area contributed by atoms with Gasteiger partial charge in [-0.05, 0) is 13.0 Å². The minimum Gasteiger partial charge on any atom is -0.304 e. The van der Waals surface area contributed by atoms with Crippen molar-refractivity contribution in [2.75, 3.05) is 33.2 Å². The van der Waals surface area contributed by atoms with Gasteiger partial charge in [0.05, 0.1) is 6.54 Å². The third-order valence-corrected chi connectivity index (χ3v) is 3.20. The second kappa shape index (κ2) is 6.26. The van der Waals surface area contributed by atoms with Crippen molar-refractivity contribution in [3.05, 3.63) is 12.2 Å². The lowest BCUT2D eigenvalue weighted by Crippen LogP contribution is -2.50. The summed E-state index contributed by atoms with van der Waals surface area (Å²) in [5, 5.41) is 6.54. The second-order valence-corrected chi connectivity index (χ2v) is 5.38. The van der Waals surface area contributed by atoms with E-state index in [9.17, 15) is 0 Å². The van der Waals surface area contributed by atoms with Gasteiger partial charge in [0.1, 0.15) is 12.2 Å². The Bertz CT molecular complexity index is 353. The van der Waals surface area contributed by atoms with Gasteiger partial charge >= 0.3 is 0 Å². The highest BCUT2D eigenvalue weighted by Gasteiger charge is 2.14. The lowest BCUT2D eigenvalue weighted by Gasteiger charge is -2.32. The smallest absolute Gasteiger partial charge is 0.142 e. The van der Waals surface area contributed by atoms with E-state index < -0.39 is 0 Å². The summed E-state index contributed by atoms with van der Waals surface area (Å²) in [6.45, 7) is 10.4. The van der Waals surface area contributed by atoms with Crippen molar-refractivity contribution >= 4 is 0 Å². The summed E-state index contributed by atoms with van der Waals surface area (Å²) in [5.74, 6) is 1.61. The minimum atomic E-state index is 0.592. The Morgan fingerprint density at radius 3 is 2.67 bits per heavy atom. The number of rotatable bonds is 5. The maximum absolute atomic E-state index is 4.32. The quantitative estimate of drug-likeness (QED) is 0.810. The summed E-state index contributed by atoms with van der Waals surface area (Å²) in [4.78, 5) is 6.67. The Labute approximate surface area is 109 Å². The summed E-state index contributed by atoms with van der Waals surface area (Å²) in [5.41, 5.74) is 3.44. The third-order valence-electron chi connectivity index (χ3n) is 3.20. The first-order chi connectivity index (χ1) is 8.65. The molecule has 1 aromatic heterocycles. The molecule has 6 heteroatoms. The summed E-state index contributed by atoms with van der Waals surface area (Å²) in [6.07, 6.45) is 1.64. The van der Waals surface area contributed by atoms with Crippen molar-refractivity contribution in [2.24, 2.45) is 5.92 Å². The van der Waals surface area contributed by atoms with Gasteiger partial charge in [0.15, 0.2) is 0 Å². The minimum absolute atomic E-state index is 0.592. The maximum atomic E-state index is 4.32. The molecule has 1 saturated heterocycles. The summed E-state index contributed by atoms with van der Waals surface area (Å²) in [6, 6.07) is 0. The zero-order valence-electron chi connectivity index (χ0n) is 11.6. The molecule has 18 heavy (non-hydrogen) atoms. The molecule has 2 heterocycles. The van der Waals surface area contributed by atoms with Gasteiger partial charge in [0.2, 0.25) is 0 Å². The third kappa shape index (κ3) is 3.76. The average molecular weight is 252 g/mol. The van der Waals surface area contributed by atoms with E-state index in [2.05, 4.69) is 46.3 Å². The zero-order valence-corrected chi connectivity index (χ0v) is 11.6. The molecule has 0 bridgehead atoms. The molecule has 6 nitrogen and oxygen atoms in total. The molecule has 0 aromatic carbocycles. The van der Waals surface area contributed by atoms with Gasteiger partial charge in [0, 0.05) is 32.7 Å². The molecule has 0 amide bonds. The highest BCUT2D eigenvalue weighted by molar-refractivity contribution is 4.84. The molecule has 1 fully saturated rings. The van der Waals surface area contributed by atoms with Gasteiger partial charge in [-0.25, -0.2) is 20.1 Å². The Morgan fingerprint density at radius 2 is 2.00 bits per heavy atom. The Balaban J connectivity index is 1.81. The summed E-state index contributed by atoms with van der Waals surface area (Å²) in [7, 11) is 2.16. The molecule has 2 rings (SSSR count). The normalized spacial score (nSPS) is 18.7. The average Bonchev–Trinajstić information content (AvgIpc) is 2.75. The lowest BCUT2D eigenvalue weighted by atomic mass is 10.2. The summed E-state index contributed by atoms with van der Waals surface area (Å²) < 4.78 is 1.99. The monoisotopic (exact) mass is 252 g/mol. The molecule has 0 radical (unpaired) electrons. The van der Waals surface area contributed by atoms with Crippen molar-refractivity contribution in [1.29, 1.82) is 0 Å². The molecular weight excluding hydrogens is 228 g/mol. The van der Waals surface area contributed by atoms with E-state index >= 15 is 0 Å². The topological polar surface area (TPSA) is 49.2 Å². The molecule has 1 aliphatic rings. The van der Waals surface area contributed by atoms with Crippen LogP contribution in [0.2, 0.25) is 0 Å². The van der Waals surface area contributed by atoms with Gasteiger partial charge in [0.25, 0.3) is 0 Å². The molecule has 0 atom stereocenters. The van der Waals surface area contributed by atoms with Crippen LogP contribution >= 0.6 is 0 Å². The number of nitrogens with zero attached hydrogens (tertiary/aromatic N) is 5. The van der Waals surface area contributed by atoms with Crippen LogP contribution in [-0.2, 0) is 13.1 Å². The fourth-order valence-corrected chi connectivity index (χ4v) is 2.07. The fraction of sp³-hybridized carbons (Fsp3) is 0.833. The molecule has 0 aliphatic carbocycles. The van der Waals surface area contributed by atoms with E-state index in [0.29, 0.717) is 5.92 Å². The van der Waals surface area contributed by atoms with Crippen molar-refractivity contribution in [3.8, 4) is 0 Å². The van der Waals surface area contributed by atoms with Crippen LogP contribution in [-0.4, -0.2) is 57.9 Å². The molecule has 1 aliphatic heterocycles. The van der Waals surface area contributed by atoms with Crippen molar-refractivity contribution in [2.45, 2.75) is 26.9 Å². The van der Waals surface area contributed by atoms with E-state index in [-0.39, 0.29) is 0 Å². The number of aromatic nitrogens is 3. The lowest BCUT2D eigenvalue weighted by molar-refractivity contribution is 0.100. The van der Waals surface area contributed by atoms with Crippen LogP contribution in [0.15, 0.2) is 6.33 Å². The predicted molar refractivity (Wildman–Crippen MR) is 70.8 cm³/mol. The van der Waals surface area contributed by atoms with Crippen molar-refractivity contribution in [3.63, 3.8) is 0 Å². The highest BCUT2D eigenvalue weighted by Crippen LogP contribution is 2.02. The number of piperazine rings is 1. The first-order valence-electron chi connectivity index (χ1n) is 6.69. The SMILES string of the molecule is CC(C)Cn1ncnc1CNN1CCN(C)CC1. The first kappa shape index (κ1) is 13.5. The fourth-order valence-electron chi connectivity index (χ4n) is 2.07. The maximum Gasteiger partial charge on any atom is 0.142 e. The first-order valence-corrected chi connectivity index (χ1v) is 6.69. The Hall–Kier alpha value is -0.980. The van der Waals surface area contributed by atoms with E-state index in [1.807, 2.05) is 4.68 Å². The number of hydrogen-bond donors (Lipinski definition) is 1. The Kier molecular flexibility index (Phi) is 4.68. The van der Waals surface area contributed by atoms with Crippen LogP contribution in [0.5, 0.6) is 0 Å². The molecule has 0 saturated carbocycles. The van der Waals surface area contributed by atoms with E-state index in [4.69, 9.17) is 0 Å². The van der Waals surface area contributed by atoms with E-state index in [0.717, 1.165) is 45.1 Å². The number of likely N-dealkylation sites (N-methyl/N-ethyl adjacent to an activating group) is 1. The van der Waals surface area contributed by atoms with Crippen LogP contribution in [0.4, 0.5) is 0 Å². The molecular formula is C12H24N6. The van der Waals surface area contributed by atoms with E-state index in [1.165, 1.54) is 0 Å². The van der Waals surface area contributed by atoms with Crippen molar-refractivity contribution < 1.29 is 0 Å².